The van der Waals surface area contributed by atoms with Gasteiger partial charge in [-0.1, -0.05) is 12.1 Å². The Kier molecular flexibility index (Phi) is 4.61. The quantitative estimate of drug-likeness (QED) is 0.929. The molecule has 6 heteroatoms. The molecule has 3 heterocycles. The minimum Gasteiger partial charge on any atom is -0.440 e. The fourth-order valence-corrected chi connectivity index (χ4v) is 3.77. The molecular weight excluding hydrogens is 318 g/mol. The van der Waals surface area contributed by atoms with E-state index in [-0.39, 0.29) is 24.1 Å². The summed E-state index contributed by atoms with van der Waals surface area (Å²) in [6.45, 7) is 4.29. The first kappa shape index (κ1) is 16.4. The van der Waals surface area contributed by atoms with E-state index in [2.05, 4.69) is 10.3 Å². The summed E-state index contributed by atoms with van der Waals surface area (Å²) in [7, 11) is 0. The molecule has 0 bridgehead atoms. The van der Waals surface area contributed by atoms with Gasteiger partial charge >= 0.3 is 6.03 Å². The maximum absolute atomic E-state index is 12.5. The molecule has 2 amide bonds. The molecule has 0 unspecified atom stereocenters. The number of carbonyl (C=O) groups is 1. The van der Waals surface area contributed by atoms with E-state index in [0.29, 0.717) is 0 Å². The summed E-state index contributed by atoms with van der Waals surface area (Å²) in [6, 6.07) is 7.91. The molecule has 0 saturated carbocycles. The molecule has 1 aromatic carbocycles. The lowest BCUT2D eigenvalue weighted by atomic mass is 9.97. The third kappa shape index (κ3) is 3.49. The van der Waals surface area contributed by atoms with Crippen LogP contribution in [0.1, 0.15) is 44.4 Å². The number of oxazole rings is 1. The van der Waals surface area contributed by atoms with E-state index >= 15 is 0 Å². The molecule has 134 valence electrons. The van der Waals surface area contributed by atoms with Gasteiger partial charge < -0.3 is 19.4 Å². The van der Waals surface area contributed by atoms with Crippen LogP contribution in [0.15, 0.2) is 28.7 Å². The molecule has 1 aromatic heterocycles. The van der Waals surface area contributed by atoms with Crippen molar-refractivity contribution < 1.29 is 13.9 Å². The third-order valence-corrected chi connectivity index (χ3v) is 5.32. The second-order valence-corrected chi connectivity index (χ2v) is 7.07. The van der Waals surface area contributed by atoms with E-state index in [1.54, 1.807) is 0 Å². The molecule has 2 aliphatic rings. The Morgan fingerprint density at radius 1 is 1.28 bits per heavy atom. The number of nitrogens with one attached hydrogen (secondary N) is 1. The van der Waals surface area contributed by atoms with Crippen LogP contribution >= 0.6 is 0 Å². The van der Waals surface area contributed by atoms with Gasteiger partial charge in [0.1, 0.15) is 5.52 Å². The number of rotatable bonds is 3. The van der Waals surface area contributed by atoms with Gasteiger partial charge in [-0.3, -0.25) is 0 Å². The Hall–Kier alpha value is -2.08. The van der Waals surface area contributed by atoms with Crippen LogP contribution in [-0.2, 0) is 4.74 Å². The highest BCUT2D eigenvalue weighted by atomic mass is 16.5. The second-order valence-electron chi connectivity index (χ2n) is 7.07. The Labute approximate surface area is 147 Å². The lowest BCUT2D eigenvalue weighted by molar-refractivity contribution is 0.0823. The van der Waals surface area contributed by atoms with Gasteiger partial charge in [-0.25, -0.2) is 9.78 Å². The molecule has 6 nitrogen and oxygen atoms in total. The highest BCUT2D eigenvalue weighted by molar-refractivity contribution is 5.75. The number of amides is 2. The minimum atomic E-state index is 0.0130. The van der Waals surface area contributed by atoms with Crippen molar-refractivity contribution in [1.82, 2.24) is 15.2 Å². The summed E-state index contributed by atoms with van der Waals surface area (Å²) in [4.78, 5) is 19.0. The fraction of sp³-hybridized carbons (Fsp3) is 0.579. The summed E-state index contributed by atoms with van der Waals surface area (Å²) in [6.07, 6.45) is 4.03. The molecule has 1 N–H and O–H groups in total. The van der Waals surface area contributed by atoms with Crippen molar-refractivity contribution >= 4 is 17.1 Å². The number of piperidine rings is 1. The number of benzene rings is 1. The number of hydrogen-bond donors (Lipinski definition) is 1. The first-order valence-electron chi connectivity index (χ1n) is 9.23. The van der Waals surface area contributed by atoms with Gasteiger partial charge in [0.15, 0.2) is 11.5 Å². The summed E-state index contributed by atoms with van der Waals surface area (Å²) in [5.41, 5.74) is 1.74. The van der Waals surface area contributed by atoms with Crippen molar-refractivity contribution in [3.8, 4) is 0 Å². The van der Waals surface area contributed by atoms with Gasteiger partial charge in [-0.15, -0.1) is 0 Å². The molecule has 2 fully saturated rings. The van der Waals surface area contributed by atoms with Gasteiger partial charge in [0.05, 0.1) is 12.1 Å². The normalized spacial score (nSPS) is 23.1. The first-order chi connectivity index (χ1) is 12.2. The number of fused-ring (bicyclic) bond motifs is 1. The Morgan fingerprint density at radius 2 is 2.08 bits per heavy atom. The Morgan fingerprint density at radius 3 is 2.80 bits per heavy atom. The van der Waals surface area contributed by atoms with Gasteiger partial charge in [0, 0.05) is 25.6 Å². The highest BCUT2D eigenvalue weighted by Gasteiger charge is 2.29. The van der Waals surface area contributed by atoms with Crippen molar-refractivity contribution in [2.75, 3.05) is 19.7 Å². The minimum absolute atomic E-state index is 0.0130. The van der Waals surface area contributed by atoms with Crippen molar-refractivity contribution in [2.45, 2.75) is 50.7 Å². The number of hydrogen-bond acceptors (Lipinski definition) is 4. The van der Waals surface area contributed by atoms with Crippen LogP contribution in [0.2, 0.25) is 0 Å². The van der Waals surface area contributed by atoms with E-state index in [9.17, 15) is 4.79 Å². The first-order valence-corrected chi connectivity index (χ1v) is 9.23. The van der Waals surface area contributed by atoms with Crippen LogP contribution in [-0.4, -0.2) is 47.8 Å². The van der Waals surface area contributed by atoms with E-state index < -0.39 is 0 Å². The molecule has 25 heavy (non-hydrogen) atoms. The van der Waals surface area contributed by atoms with Gasteiger partial charge in [-0.2, -0.15) is 0 Å². The number of likely N-dealkylation sites (tertiary alicyclic amines) is 1. The number of urea groups is 1. The van der Waals surface area contributed by atoms with Crippen LogP contribution in [0.3, 0.4) is 0 Å². The summed E-state index contributed by atoms with van der Waals surface area (Å²) in [5.74, 6) is 1.08. The van der Waals surface area contributed by atoms with E-state index in [1.165, 1.54) is 0 Å². The molecule has 4 rings (SSSR count). The van der Waals surface area contributed by atoms with E-state index in [0.717, 1.165) is 62.4 Å². The maximum atomic E-state index is 12.5. The molecule has 2 atom stereocenters. The van der Waals surface area contributed by atoms with Gasteiger partial charge in [0.25, 0.3) is 0 Å². The average Bonchev–Trinajstić information content (AvgIpc) is 3.31. The third-order valence-electron chi connectivity index (χ3n) is 5.32. The number of nitrogens with zero attached hydrogens (tertiary/aromatic N) is 2. The van der Waals surface area contributed by atoms with Crippen LogP contribution < -0.4 is 5.32 Å². The summed E-state index contributed by atoms with van der Waals surface area (Å²) < 4.78 is 11.5. The zero-order valence-corrected chi connectivity index (χ0v) is 14.6. The average molecular weight is 343 g/mol. The number of ether oxygens (including phenoxy) is 1. The number of para-hydroxylation sites is 2. The zero-order valence-electron chi connectivity index (χ0n) is 14.6. The lowest BCUT2D eigenvalue weighted by Gasteiger charge is -2.32. The zero-order chi connectivity index (χ0) is 17.2. The summed E-state index contributed by atoms with van der Waals surface area (Å²) >= 11 is 0. The number of carbonyl (C=O) groups excluding carboxylic acids is 1. The Balaban J connectivity index is 1.32. The predicted octanol–water partition coefficient (Wildman–Crippen LogP) is 3.28. The molecule has 0 aliphatic carbocycles. The second kappa shape index (κ2) is 7.04. The van der Waals surface area contributed by atoms with Crippen molar-refractivity contribution in [3.63, 3.8) is 0 Å². The monoisotopic (exact) mass is 343 g/mol. The number of aromatic nitrogens is 1. The lowest BCUT2D eigenvalue weighted by Crippen LogP contribution is -2.49. The van der Waals surface area contributed by atoms with Crippen LogP contribution in [0.5, 0.6) is 0 Å². The topological polar surface area (TPSA) is 67.6 Å². The molecule has 0 radical (unpaired) electrons. The maximum Gasteiger partial charge on any atom is 0.317 e. The van der Waals surface area contributed by atoms with E-state index in [4.69, 9.17) is 9.15 Å². The molecular formula is C19H25N3O3. The largest absolute Gasteiger partial charge is 0.440 e. The van der Waals surface area contributed by atoms with Crippen LogP contribution in [0, 0.1) is 0 Å². The molecule has 2 saturated heterocycles. The summed E-state index contributed by atoms with van der Waals surface area (Å²) in [5, 5.41) is 3.09. The van der Waals surface area contributed by atoms with Gasteiger partial charge in [0.2, 0.25) is 0 Å². The molecule has 2 aromatic rings. The van der Waals surface area contributed by atoms with Crippen LogP contribution in [0.25, 0.3) is 11.1 Å². The standard InChI is InChI=1S/C19H25N3O3/c1-13(16-7-4-12-24-16)20-19(23)22-10-8-14(9-11-22)18-21-15-5-2-3-6-17(15)25-18/h2-3,5-6,13-14,16H,4,7-12H2,1H3,(H,20,23)/t13-,16-/m1/s1. The van der Waals surface area contributed by atoms with Crippen LogP contribution in [0.4, 0.5) is 4.79 Å². The Bertz CT molecular complexity index is 697. The van der Waals surface area contributed by atoms with E-state index in [1.807, 2.05) is 36.1 Å². The van der Waals surface area contributed by atoms with Crippen molar-refractivity contribution in [1.29, 1.82) is 0 Å². The fourth-order valence-electron chi connectivity index (χ4n) is 3.77. The van der Waals surface area contributed by atoms with Crippen molar-refractivity contribution in [2.24, 2.45) is 0 Å². The van der Waals surface area contributed by atoms with Gasteiger partial charge in [-0.05, 0) is 44.7 Å². The SMILES string of the molecule is C[C@@H](NC(=O)N1CCC(c2nc3ccccc3o2)CC1)[C@H]1CCCO1. The predicted molar refractivity (Wildman–Crippen MR) is 94.5 cm³/mol. The molecule has 0 spiro atoms. The molecule has 2 aliphatic heterocycles. The highest BCUT2D eigenvalue weighted by Crippen LogP contribution is 2.30. The smallest absolute Gasteiger partial charge is 0.317 e. The van der Waals surface area contributed by atoms with Crippen molar-refractivity contribution in [3.05, 3.63) is 30.2 Å².